The Balaban J connectivity index is 2.13. The summed E-state index contributed by atoms with van der Waals surface area (Å²) in [5.74, 6) is 0.597. The van der Waals surface area contributed by atoms with Crippen molar-refractivity contribution in [2.45, 2.75) is 50.3 Å². The highest BCUT2D eigenvalue weighted by Gasteiger charge is 2.18. The zero-order valence-corrected chi connectivity index (χ0v) is 12.1. The van der Waals surface area contributed by atoms with E-state index < -0.39 is 10.1 Å². The van der Waals surface area contributed by atoms with Gasteiger partial charge in [0.2, 0.25) is 0 Å². The van der Waals surface area contributed by atoms with Gasteiger partial charge < -0.3 is 4.18 Å². The molecule has 0 aliphatic heterocycles. The van der Waals surface area contributed by atoms with Crippen molar-refractivity contribution < 1.29 is 12.6 Å². The van der Waals surface area contributed by atoms with E-state index in [9.17, 15) is 8.42 Å². The van der Waals surface area contributed by atoms with E-state index in [0.717, 1.165) is 31.2 Å². The largest absolute Gasteiger partial charge is 0.384 e. The SMILES string of the molecule is Cc1ccc(S(=O)(=O)OC2=CCCCCCC2)cc1. The zero-order chi connectivity index (χ0) is 13.7. The first kappa shape index (κ1) is 14.1. The second kappa shape index (κ2) is 6.24. The minimum atomic E-state index is -3.67. The maximum absolute atomic E-state index is 12.1. The van der Waals surface area contributed by atoms with E-state index in [2.05, 4.69) is 0 Å². The van der Waals surface area contributed by atoms with Crippen molar-refractivity contribution in [1.82, 2.24) is 0 Å². The van der Waals surface area contributed by atoms with Crippen LogP contribution in [-0.4, -0.2) is 8.42 Å². The lowest BCUT2D eigenvalue weighted by atomic mass is 10.1. The Hall–Kier alpha value is -1.29. The molecule has 0 saturated carbocycles. The van der Waals surface area contributed by atoms with Crippen LogP contribution in [-0.2, 0) is 14.3 Å². The van der Waals surface area contributed by atoms with Crippen LogP contribution in [0.1, 0.15) is 44.1 Å². The van der Waals surface area contributed by atoms with E-state index in [4.69, 9.17) is 4.18 Å². The summed E-state index contributed by atoms with van der Waals surface area (Å²) >= 11 is 0. The van der Waals surface area contributed by atoms with Crippen molar-refractivity contribution >= 4 is 10.1 Å². The molecule has 0 atom stereocenters. The number of rotatable bonds is 3. The predicted octanol–water partition coefficient (Wildman–Crippen LogP) is 3.94. The molecule has 0 aromatic heterocycles. The molecular weight excluding hydrogens is 260 g/mol. The third-order valence-electron chi connectivity index (χ3n) is 3.28. The summed E-state index contributed by atoms with van der Waals surface area (Å²) < 4.78 is 29.6. The standard InChI is InChI=1S/C15H20O3S/c1-13-9-11-15(12-10-13)19(16,17)18-14-7-5-3-2-4-6-8-14/h7,9-12H,2-6,8H2,1H3. The van der Waals surface area contributed by atoms with Crippen molar-refractivity contribution in [2.24, 2.45) is 0 Å². The summed E-state index contributed by atoms with van der Waals surface area (Å²) in [7, 11) is -3.67. The quantitative estimate of drug-likeness (QED) is 0.788. The van der Waals surface area contributed by atoms with Gasteiger partial charge in [-0.15, -0.1) is 0 Å². The van der Waals surface area contributed by atoms with Crippen molar-refractivity contribution in [2.75, 3.05) is 0 Å². The molecule has 1 aliphatic rings. The normalized spacial score (nSPS) is 17.2. The summed E-state index contributed by atoms with van der Waals surface area (Å²) in [5.41, 5.74) is 1.03. The van der Waals surface area contributed by atoms with Crippen LogP contribution in [0.3, 0.4) is 0 Å². The highest BCUT2D eigenvalue weighted by Crippen LogP contribution is 2.23. The molecule has 0 amide bonds. The first-order valence-corrected chi connectivity index (χ1v) is 8.19. The van der Waals surface area contributed by atoms with E-state index >= 15 is 0 Å². The van der Waals surface area contributed by atoms with Crippen LogP contribution < -0.4 is 0 Å². The molecule has 19 heavy (non-hydrogen) atoms. The molecule has 0 heterocycles. The fourth-order valence-electron chi connectivity index (χ4n) is 2.13. The number of hydrogen-bond donors (Lipinski definition) is 0. The highest BCUT2D eigenvalue weighted by atomic mass is 32.2. The van der Waals surface area contributed by atoms with E-state index in [1.807, 2.05) is 13.0 Å². The molecule has 104 valence electrons. The summed E-state index contributed by atoms with van der Waals surface area (Å²) in [6.07, 6.45) is 8.00. The molecule has 1 aliphatic carbocycles. The van der Waals surface area contributed by atoms with Crippen LogP contribution in [0, 0.1) is 6.92 Å². The monoisotopic (exact) mass is 280 g/mol. The van der Waals surface area contributed by atoms with Crippen LogP contribution in [0.15, 0.2) is 41.0 Å². The topological polar surface area (TPSA) is 43.4 Å². The molecular formula is C15H20O3S. The van der Waals surface area contributed by atoms with Gasteiger partial charge in [0, 0.05) is 6.42 Å². The lowest BCUT2D eigenvalue weighted by Crippen LogP contribution is -2.07. The van der Waals surface area contributed by atoms with Gasteiger partial charge in [0.15, 0.2) is 0 Å². The number of aryl methyl sites for hydroxylation is 1. The van der Waals surface area contributed by atoms with Gasteiger partial charge in [-0.25, -0.2) is 0 Å². The van der Waals surface area contributed by atoms with Gasteiger partial charge in [-0.1, -0.05) is 30.5 Å². The first-order valence-electron chi connectivity index (χ1n) is 6.78. The van der Waals surface area contributed by atoms with Crippen LogP contribution in [0.25, 0.3) is 0 Å². The molecule has 0 radical (unpaired) electrons. The molecule has 0 fully saturated rings. The van der Waals surface area contributed by atoms with Crippen LogP contribution in [0.5, 0.6) is 0 Å². The van der Waals surface area contributed by atoms with Gasteiger partial charge in [0.25, 0.3) is 0 Å². The minimum Gasteiger partial charge on any atom is -0.384 e. The van der Waals surface area contributed by atoms with Gasteiger partial charge in [-0.05, 0) is 44.4 Å². The van der Waals surface area contributed by atoms with E-state index in [1.165, 1.54) is 6.42 Å². The second-order valence-electron chi connectivity index (χ2n) is 4.97. The molecule has 0 bridgehead atoms. The Morgan fingerprint density at radius 2 is 1.68 bits per heavy atom. The van der Waals surface area contributed by atoms with Crippen molar-refractivity contribution in [3.05, 3.63) is 41.7 Å². The Labute approximate surface area is 115 Å². The van der Waals surface area contributed by atoms with E-state index in [0.29, 0.717) is 12.2 Å². The number of benzene rings is 1. The van der Waals surface area contributed by atoms with Gasteiger partial charge in [0.1, 0.15) is 10.7 Å². The molecule has 0 N–H and O–H groups in total. The summed E-state index contributed by atoms with van der Waals surface area (Å²) in [6, 6.07) is 6.74. The van der Waals surface area contributed by atoms with Crippen LogP contribution >= 0.6 is 0 Å². The van der Waals surface area contributed by atoms with E-state index in [-0.39, 0.29) is 4.90 Å². The fourth-order valence-corrected chi connectivity index (χ4v) is 3.13. The lowest BCUT2D eigenvalue weighted by molar-refractivity contribution is 0.378. The fraction of sp³-hybridized carbons (Fsp3) is 0.467. The zero-order valence-electron chi connectivity index (χ0n) is 11.3. The molecule has 3 nitrogen and oxygen atoms in total. The second-order valence-corrected chi connectivity index (χ2v) is 6.52. The Morgan fingerprint density at radius 1 is 1.00 bits per heavy atom. The number of allylic oxidation sites excluding steroid dienone is 2. The third kappa shape index (κ3) is 4.10. The summed E-state index contributed by atoms with van der Waals surface area (Å²) in [5, 5.41) is 0. The molecule has 1 aromatic carbocycles. The van der Waals surface area contributed by atoms with Gasteiger partial charge >= 0.3 is 10.1 Å². The Kier molecular flexibility index (Phi) is 4.64. The van der Waals surface area contributed by atoms with Gasteiger partial charge in [0.05, 0.1) is 0 Å². The number of hydrogen-bond acceptors (Lipinski definition) is 3. The average Bonchev–Trinajstić information content (AvgIpc) is 2.33. The molecule has 2 rings (SSSR count). The Bertz CT molecular complexity index is 541. The predicted molar refractivity (Wildman–Crippen MR) is 75.2 cm³/mol. The maximum atomic E-state index is 12.1. The third-order valence-corrected chi connectivity index (χ3v) is 4.56. The molecule has 0 saturated heterocycles. The molecule has 0 spiro atoms. The molecule has 0 unspecified atom stereocenters. The maximum Gasteiger partial charge on any atom is 0.338 e. The van der Waals surface area contributed by atoms with Crippen molar-refractivity contribution in [3.8, 4) is 0 Å². The van der Waals surface area contributed by atoms with Crippen LogP contribution in [0.4, 0.5) is 0 Å². The average molecular weight is 280 g/mol. The smallest absolute Gasteiger partial charge is 0.338 e. The molecule has 4 heteroatoms. The van der Waals surface area contributed by atoms with Crippen LogP contribution in [0.2, 0.25) is 0 Å². The van der Waals surface area contributed by atoms with Gasteiger partial charge in [-0.2, -0.15) is 8.42 Å². The minimum absolute atomic E-state index is 0.223. The highest BCUT2D eigenvalue weighted by molar-refractivity contribution is 7.86. The first-order chi connectivity index (χ1) is 9.08. The summed E-state index contributed by atoms with van der Waals surface area (Å²) in [4.78, 5) is 0.223. The van der Waals surface area contributed by atoms with Gasteiger partial charge in [-0.3, -0.25) is 0 Å². The van der Waals surface area contributed by atoms with E-state index in [1.54, 1.807) is 24.3 Å². The van der Waals surface area contributed by atoms with Crippen molar-refractivity contribution in [1.29, 1.82) is 0 Å². The van der Waals surface area contributed by atoms with Crippen molar-refractivity contribution in [3.63, 3.8) is 0 Å². The lowest BCUT2D eigenvalue weighted by Gasteiger charge is -2.13. The summed E-state index contributed by atoms with van der Waals surface area (Å²) in [6.45, 7) is 1.93. The molecule has 1 aromatic rings. The Morgan fingerprint density at radius 3 is 2.42 bits per heavy atom.